The average Bonchev–Trinajstić information content (AvgIpc) is 2.77. The number of unbranched alkanes of at least 4 members (excludes halogenated alkanes) is 2. The molecule has 176 valence electrons. The van der Waals surface area contributed by atoms with Gasteiger partial charge in [0.05, 0.1) is 19.9 Å². The fourth-order valence-corrected chi connectivity index (χ4v) is 2.67. The number of aliphatic carboxylic acids is 1. The van der Waals surface area contributed by atoms with Crippen molar-refractivity contribution in [2.24, 2.45) is 4.99 Å². The summed E-state index contributed by atoms with van der Waals surface area (Å²) in [4.78, 5) is 26.7. The molecule has 0 saturated carbocycles. The molecule has 9 nitrogen and oxygen atoms in total. The molecule has 1 rings (SSSR count). The first-order valence-corrected chi connectivity index (χ1v) is 10.4. The van der Waals surface area contributed by atoms with E-state index < -0.39 is 18.1 Å². The molecule has 0 bridgehead atoms. The van der Waals surface area contributed by atoms with E-state index >= 15 is 0 Å². The number of carboxylic acid groups (broad SMARTS) is 1. The molecule has 1 amide bonds. The molecular weight excluding hydrogens is 416 g/mol. The monoisotopic (exact) mass is 448 g/mol. The number of benzene rings is 1. The van der Waals surface area contributed by atoms with Crippen LogP contribution in [0.15, 0.2) is 53.1 Å². The predicted molar refractivity (Wildman–Crippen MR) is 120 cm³/mol. The first-order chi connectivity index (χ1) is 15.4. The van der Waals surface area contributed by atoms with E-state index in [1.54, 1.807) is 24.3 Å². The fourth-order valence-electron chi connectivity index (χ4n) is 2.67. The minimum absolute atomic E-state index is 0.0246. The van der Waals surface area contributed by atoms with Crippen molar-refractivity contribution in [1.82, 2.24) is 5.32 Å². The number of carbonyl (C=O) groups excluding carboxylic acids is 1. The third kappa shape index (κ3) is 10.1. The zero-order valence-corrected chi connectivity index (χ0v) is 18.6. The van der Waals surface area contributed by atoms with Gasteiger partial charge in [-0.2, -0.15) is 0 Å². The molecule has 0 fully saturated rings. The van der Waals surface area contributed by atoms with Crippen molar-refractivity contribution >= 4 is 18.6 Å². The Morgan fingerprint density at radius 2 is 2.00 bits per heavy atom. The number of methoxy groups -OCH3 is 1. The number of aliphatic hydroxyl groups excluding tert-OH is 1. The lowest BCUT2D eigenvalue weighted by Crippen LogP contribution is -2.31. The van der Waals surface area contributed by atoms with Gasteiger partial charge < -0.3 is 29.7 Å². The number of carboxylic acids is 1. The van der Waals surface area contributed by atoms with E-state index in [2.05, 4.69) is 17.0 Å². The number of ether oxygens (including phenoxy) is 3. The fraction of sp³-hybridized carbons (Fsp3) is 0.435. The number of hydrogen-bond donors (Lipinski definition) is 3. The number of allylic oxidation sites excluding steroid dienone is 1. The molecule has 0 aromatic heterocycles. The maximum absolute atomic E-state index is 12.6. The lowest BCUT2D eigenvalue weighted by molar-refractivity contribution is -0.137. The SMILES string of the molecule is C=N/C=C(\OC/C(=C/CC)OC)C(=O)NC(O)c1ccccc1OCCCCCC(=O)O. The Kier molecular flexibility index (Phi) is 12.9. The number of amides is 1. The van der Waals surface area contributed by atoms with Gasteiger partial charge in [0.2, 0.25) is 5.76 Å². The highest BCUT2D eigenvalue weighted by Crippen LogP contribution is 2.24. The van der Waals surface area contributed by atoms with Gasteiger partial charge in [0, 0.05) is 12.0 Å². The number of rotatable bonds is 16. The summed E-state index contributed by atoms with van der Waals surface area (Å²) >= 11 is 0. The van der Waals surface area contributed by atoms with E-state index in [0.717, 1.165) is 12.6 Å². The maximum Gasteiger partial charge on any atom is 0.303 e. The highest BCUT2D eigenvalue weighted by molar-refractivity contribution is 5.91. The van der Waals surface area contributed by atoms with Crippen LogP contribution in [0.5, 0.6) is 5.75 Å². The Morgan fingerprint density at radius 3 is 2.66 bits per heavy atom. The van der Waals surface area contributed by atoms with Crippen LogP contribution in [0.25, 0.3) is 0 Å². The molecule has 0 aliphatic rings. The third-order valence-electron chi connectivity index (χ3n) is 4.27. The number of nitrogens with one attached hydrogen (secondary N) is 1. The van der Waals surface area contributed by atoms with Crippen LogP contribution in [0.3, 0.4) is 0 Å². The second-order valence-corrected chi connectivity index (χ2v) is 6.71. The van der Waals surface area contributed by atoms with Crippen LogP contribution in [-0.4, -0.2) is 49.1 Å². The summed E-state index contributed by atoms with van der Waals surface area (Å²) < 4.78 is 16.4. The van der Waals surface area contributed by atoms with E-state index in [9.17, 15) is 14.7 Å². The van der Waals surface area contributed by atoms with E-state index in [1.165, 1.54) is 7.11 Å². The second-order valence-electron chi connectivity index (χ2n) is 6.71. The van der Waals surface area contributed by atoms with E-state index in [4.69, 9.17) is 19.3 Å². The highest BCUT2D eigenvalue weighted by atomic mass is 16.5. The molecule has 9 heteroatoms. The third-order valence-corrected chi connectivity index (χ3v) is 4.27. The molecule has 32 heavy (non-hydrogen) atoms. The number of aliphatic imine (C=N–C) groups is 1. The largest absolute Gasteiger partial charge is 0.498 e. The number of aliphatic hydroxyl groups is 1. The summed E-state index contributed by atoms with van der Waals surface area (Å²) in [5.74, 6) is -0.661. The van der Waals surface area contributed by atoms with Gasteiger partial charge in [0.15, 0.2) is 6.23 Å². The Labute approximate surface area is 188 Å². The smallest absolute Gasteiger partial charge is 0.303 e. The zero-order chi connectivity index (χ0) is 23.8. The number of para-hydroxylation sites is 1. The van der Waals surface area contributed by atoms with Gasteiger partial charge in [0.1, 0.15) is 18.1 Å². The van der Waals surface area contributed by atoms with Crippen molar-refractivity contribution < 1.29 is 34.0 Å². The van der Waals surface area contributed by atoms with E-state index in [1.807, 2.05) is 13.0 Å². The first-order valence-electron chi connectivity index (χ1n) is 10.4. The van der Waals surface area contributed by atoms with Gasteiger partial charge >= 0.3 is 5.97 Å². The van der Waals surface area contributed by atoms with Gasteiger partial charge in [-0.1, -0.05) is 25.1 Å². The highest BCUT2D eigenvalue weighted by Gasteiger charge is 2.19. The minimum atomic E-state index is -1.35. The molecule has 0 spiro atoms. The van der Waals surface area contributed by atoms with Gasteiger partial charge in [-0.05, 0) is 44.5 Å². The van der Waals surface area contributed by atoms with Crippen molar-refractivity contribution in [1.29, 1.82) is 0 Å². The standard InChI is InChI=1S/C23H32N2O7/c1-4-10-17(30-3)16-32-20(15-24-2)23(29)25-22(28)18-11-7-8-12-19(18)31-14-9-5-6-13-21(26)27/h7-8,10-12,15,22,28H,2,4-6,9,13-14,16H2,1,3H3,(H,25,29)(H,26,27)/b17-10-,20-15-. The van der Waals surface area contributed by atoms with Crippen molar-refractivity contribution in [3.63, 3.8) is 0 Å². The van der Waals surface area contributed by atoms with Gasteiger partial charge in [-0.25, -0.2) is 0 Å². The Hall–Kier alpha value is -3.33. The lowest BCUT2D eigenvalue weighted by atomic mass is 10.1. The molecule has 1 atom stereocenters. The van der Waals surface area contributed by atoms with Crippen LogP contribution in [0.4, 0.5) is 0 Å². The van der Waals surface area contributed by atoms with Crippen molar-refractivity contribution in [3.8, 4) is 5.75 Å². The predicted octanol–water partition coefficient (Wildman–Crippen LogP) is 3.32. The molecule has 0 saturated heterocycles. The zero-order valence-electron chi connectivity index (χ0n) is 18.6. The summed E-state index contributed by atoms with van der Waals surface area (Å²) in [6, 6.07) is 6.78. The van der Waals surface area contributed by atoms with Crippen LogP contribution in [0, 0.1) is 0 Å². The quantitative estimate of drug-likeness (QED) is 0.116. The molecular formula is C23H32N2O7. The Bertz CT molecular complexity index is 805. The number of hydrogen-bond acceptors (Lipinski definition) is 7. The summed E-state index contributed by atoms with van der Waals surface area (Å²) in [6.07, 6.45) is 4.44. The number of carbonyl (C=O) groups is 2. The normalized spacial score (nSPS) is 12.6. The summed E-state index contributed by atoms with van der Waals surface area (Å²) in [5, 5.41) is 21.7. The van der Waals surface area contributed by atoms with Crippen molar-refractivity contribution in [2.75, 3.05) is 20.3 Å². The number of nitrogens with zero attached hydrogens (tertiary/aromatic N) is 1. The van der Waals surface area contributed by atoms with Crippen molar-refractivity contribution in [2.45, 2.75) is 45.3 Å². The molecule has 1 aromatic carbocycles. The van der Waals surface area contributed by atoms with Gasteiger partial charge in [0.25, 0.3) is 5.91 Å². The summed E-state index contributed by atoms with van der Waals surface area (Å²) in [7, 11) is 1.51. The molecule has 0 heterocycles. The van der Waals surface area contributed by atoms with E-state index in [0.29, 0.717) is 42.9 Å². The van der Waals surface area contributed by atoms with Crippen LogP contribution < -0.4 is 10.1 Å². The van der Waals surface area contributed by atoms with Gasteiger partial charge in [-0.15, -0.1) is 0 Å². The molecule has 0 aliphatic heterocycles. The second kappa shape index (κ2) is 15.5. The van der Waals surface area contributed by atoms with Crippen LogP contribution in [0.2, 0.25) is 0 Å². The van der Waals surface area contributed by atoms with Crippen LogP contribution >= 0.6 is 0 Å². The Morgan fingerprint density at radius 1 is 1.25 bits per heavy atom. The Balaban J connectivity index is 2.70. The maximum atomic E-state index is 12.6. The van der Waals surface area contributed by atoms with Crippen LogP contribution in [0.1, 0.15) is 50.8 Å². The topological polar surface area (TPSA) is 127 Å². The lowest BCUT2D eigenvalue weighted by Gasteiger charge is -2.18. The molecule has 3 N–H and O–H groups in total. The molecule has 1 aromatic rings. The average molecular weight is 449 g/mol. The van der Waals surface area contributed by atoms with Crippen molar-refractivity contribution in [3.05, 3.63) is 53.6 Å². The van der Waals surface area contributed by atoms with Crippen LogP contribution in [-0.2, 0) is 19.1 Å². The van der Waals surface area contributed by atoms with Gasteiger partial charge in [-0.3, -0.25) is 14.6 Å². The summed E-state index contributed by atoms with van der Waals surface area (Å²) in [5.41, 5.74) is 0.376. The van der Waals surface area contributed by atoms with E-state index in [-0.39, 0.29) is 18.8 Å². The first kappa shape index (κ1) is 26.7. The molecule has 0 radical (unpaired) electrons. The molecule has 0 aliphatic carbocycles. The summed E-state index contributed by atoms with van der Waals surface area (Å²) in [6.45, 7) is 5.66. The minimum Gasteiger partial charge on any atom is -0.498 e. The molecule has 1 unspecified atom stereocenters.